The first-order chi connectivity index (χ1) is 11.2. The van der Waals surface area contributed by atoms with Crippen LogP contribution in [0.15, 0.2) is 11.6 Å². The molecule has 7 N–H and O–H groups in total. The van der Waals surface area contributed by atoms with E-state index in [1.807, 2.05) is 13.8 Å². The number of primary amides is 1. The van der Waals surface area contributed by atoms with Crippen molar-refractivity contribution < 1.29 is 24.6 Å². The predicted octanol–water partition coefficient (Wildman–Crippen LogP) is -2.63. The zero-order valence-electron chi connectivity index (χ0n) is 14.1. The Morgan fingerprint density at radius 3 is 2.46 bits per heavy atom. The van der Waals surface area contributed by atoms with Crippen LogP contribution in [0.5, 0.6) is 0 Å². The average Bonchev–Trinajstić information content (AvgIpc) is 2.49. The number of carbonyl (C=O) groups excluding carboxylic acids is 3. The Morgan fingerprint density at radius 2 is 1.96 bits per heavy atom. The van der Waals surface area contributed by atoms with Gasteiger partial charge in [-0.25, -0.2) is 0 Å². The first-order valence-electron chi connectivity index (χ1n) is 7.78. The molecule has 0 heterocycles. The summed E-state index contributed by atoms with van der Waals surface area (Å²) < 4.78 is 0. The summed E-state index contributed by atoms with van der Waals surface area (Å²) in [5.41, 5.74) is 5.13. The van der Waals surface area contributed by atoms with Gasteiger partial charge in [-0.3, -0.25) is 14.4 Å². The van der Waals surface area contributed by atoms with Crippen molar-refractivity contribution in [3.63, 3.8) is 0 Å². The summed E-state index contributed by atoms with van der Waals surface area (Å²) in [5, 5.41) is 27.8. The molecule has 0 aliphatic heterocycles. The number of hydrogen-bond acceptors (Lipinski definition) is 6. The Balaban J connectivity index is 2.86. The molecule has 0 saturated heterocycles. The molecule has 3 amide bonds. The minimum Gasteiger partial charge on any atom is -0.390 e. The molecule has 4 atom stereocenters. The topological polar surface area (TPSA) is 154 Å². The van der Waals surface area contributed by atoms with Crippen LogP contribution in [-0.2, 0) is 14.4 Å². The molecule has 0 aromatic carbocycles. The SMILES string of the molecule is CNC(C(=O)NC1C=C(C(=O)NCC(N)=O)CC(O)C1O)C(C)C. The van der Waals surface area contributed by atoms with Gasteiger partial charge in [-0.1, -0.05) is 19.9 Å². The van der Waals surface area contributed by atoms with Gasteiger partial charge in [-0.15, -0.1) is 0 Å². The van der Waals surface area contributed by atoms with Gasteiger partial charge in [-0.2, -0.15) is 0 Å². The van der Waals surface area contributed by atoms with Crippen LogP contribution < -0.4 is 21.7 Å². The van der Waals surface area contributed by atoms with Gasteiger partial charge in [0, 0.05) is 12.0 Å². The normalized spacial score (nSPS) is 24.9. The lowest BCUT2D eigenvalue weighted by Gasteiger charge is -2.32. The van der Waals surface area contributed by atoms with E-state index >= 15 is 0 Å². The first-order valence-corrected chi connectivity index (χ1v) is 7.78. The molecule has 0 spiro atoms. The van der Waals surface area contributed by atoms with Crippen molar-refractivity contribution in [1.29, 1.82) is 0 Å². The van der Waals surface area contributed by atoms with E-state index in [0.717, 1.165) is 0 Å². The maximum absolute atomic E-state index is 12.3. The monoisotopic (exact) mass is 342 g/mol. The molecule has 0 bridgehead atoms. The van der Waals surface area contributed by atoms with Crippen molar-refractivity contribution >= 4 is 17.7 Å². The molecule has 0 aromatic heterocycles. The molecule has 0 saturated carbocycles. The van der Waals surface area contributed by atoms with E-state index in [1.54, 1.807) is 7.05 Å². The number of likely N-dealkylation sites (N-methyl/N-ethyl adjacent to an activating group) is 1. The van der Waals surface area contributed by atoms with Gasteiger partial charge in [-0.05, 0) is 13.0 Å². The third-order valence-corrected chi connectivity index (χ3v) is 3.86. The summed E-state index contributed by atoms with van der Waals surface area (Å²) in [6, 6.07) is -1.39. The highest BCUT2D eigenvalue weighted by atomic mass is 16.3. The minimum absolute atomic E-state index is 0.0166. The zero-order valence-corrected chi connectivity index (χ0v) is 14.1. The van der Waals surface area contributed by atoms with Gasteiger partial charge < -0.3 is 31.9 Å². The number of carbonyl (C=O) groups is 3. The fourth-order valence-electron chi connectivity index (χ4n) is 2.57. The van der Waals surface area contributed by atoms with E-state index in [1.165, 1.54) is 6.08 Å². The molecule has 0 fully saturated rings. The minimum atomic E-state index is -1.23. The van der Waals surface area contributed by atoms with Crippen LogP contribution in [0.1, 0.15) is 20.3 Å². The highest BCUT2D eigenvalue weighted by Gasteiger charge is 2.35. The Morgan fingerprint density at radius 1 is 1.33 bits per heavy atom. The molecule has 1 aliphatic rings. The molecule has 1 rings (SSSR count). The lowest BCUT2D eigenvalue weighted by atomic mass is 9.89. The Labute approximate surface area is 140 Å². The smallest absolute Gasteiger partial charge is 0.247 e. The van der Waals surface area contributed by atoms with Gasteiger partial charge in [0.25, 0.3) is 0 Å². The van der Waals surface area contributed by atoms with Gasteiger partial charge in [0.15, 0.2) is 0 Å². The van der Waals surface area contributed by atoms with Crippen LogP contribution >= 0.6 is 0 Å². The molecular weight excluding hydrogens is 316 g/mol. The van der Waals surface area contributed by atoms with Gasteiger partial charge in [0.2, 0.25) is 17.7 Å². The second kappa shape index (κ2) is 8.76. The third-order valence-electron chi connectivity index (χ3n) is 3.86. The number of aliphatic hydroxyl groups is 2. The van der Waals surface area contributed by atoms with E-state index in [0.29, 0.717) is 0 Å². The Kier molecular flexibility index (Phi) is 7.33. The standard InChI is InChI=1S/C15H26N4O5/c1-7(2)12(17-3)15(24)19-9-4-8(5-10(20)13(9)22)14(23)18-6-11(16)21/h4,7,9-10,12-13,17,20,22H,5-6H2,1-3H3,(H2,16,21)(H,18,23)(H,19,24). The van der Waals surface area contributed by atoms with Crippen molar-refractivity contribution in [2.75, 3.05) is 13.6 Å². The van der Waals surface area contributed by atoms with E-state index in [2.05, 4.69) is 16.0 Å². The molecular formula is C15H26N4O5. The summed E-state index contributed by atoms with van der Waals surface area (Å²) >= 11 is 0. The summed E-state index contributed by atoms with van der Waals surface area (Å²) in [5.74, 6) is -1.60. The third kappa shape index (κ3) is 5.29. The van der Waals surface area contributed by atoms with Crippen molar-refractivity contribution in [1.82, 2.24) is 16.0 Å². The van der Waals surface area contributed by atoms with Crippen LogP contribution in [0, 0.1) is 5.92 Å². The van der Waals surface area contributed by atoms with Crippen molar-refractivity contribution in [2.45, 2.75) is 44.6 Å². The fourth-order valence-corrected chi connectivity index (χ4v) is 2.57. The highest BCUT2D eigenvalue weighted by molar-refractivity contribution is 5.96. The second-order valence-electron chi connectivity index (χ2n) is 6.15. The molecule has 136 valence electrons. The Bertz CT molecular complexity index is 520. The number of aliphatic hydroxyl groups excluding tert-OH is 2. The van der Waals surface area contributed by atoms with E-state index in [-0.39, 0.29) is 30.4 Å². The number of hydrogen-bond donors (Lipinski definition) is 6. The molecule has 0 radical (unpaired) electrons. The van der Waals surface area contributed by atoms with Crippen LogP contribution in [0.4, 0.5) is 0 Å². The first kappa shape index (κ1) is 20.1. The van der Waals surface area contributed by atoms with E-state index < -0.39 is 36.1 Å². The molecule has 4 unspecified atom stereocenters. The van der Waals surface area contributed by atoms with Gasteiger partial charge in [0.1, 0.15) is 6.10 Å². The largest absolute Gasteiger partial charge is 0.390 e. The number of rotatable bonds is 7. The molecule has 1 aliphatic carbocycles. The molecule has 24 heavy (non-hydrogen) atoms. The number of nitrogens with one attached hydrogen (secondary N) is 3. The lowest BCUT2D eigenvalue weighted by Crippen LogP contribution is -2.55. The maximum Gasteiger partial charge on any atom is 0.247 e. The van der Waals surface area contributed by atoms with Crippen LogP contribution in [0.3, 0.4) is 0 Å². The van der Waals surface area contributed by atoms with Crippen molar-refractivity contribution in [3.8, 4) is 0 Å². The second-order valence-corrected chi connectivity index (χ2v) is 6.15. The zero-order chi connectivity index (χ0) is 18.4. The molecule has 0 aromatic rings. The van der Waals surface area contributed by atoms with Crippen molar-refractivity contribution in [3.05, 3.63) is 11.6 Å². The maximum atomic E-state index is 12.3. The van der Waals surface area contributed by atoms with Crippen molar-refractivity contribution in [2.24, 2.45) is 11.7 Å². The highest BCUT2D eigenvalue weighted by Crippen LogP contribution is 2.20. The molecule has 9 heteroatoms. The lowest BCUT2D eigenvalue weighted by molar-refractivity contribution is -0.126. The van der Waals surface area contributed by atoms with Crippen LogP contribution in [0.2, 0.25) is 0 Å². The Hall–Kier alpha value is -1.97. The quantitative estimate of drug-likeness (QED) is 0.297. The van der Waals surface area contributed by atoms with E-state index in [9.17, 15) is 24.6 Å². The summed E-state index contributed by atoms with van der Waals surface area (Å²) in [4.78, 5) is 35.0. The number of nitrogens with two attached hydrogens (primary N) is 1. The van der Waals surface area contributed by atoms with Crippen LogP contribution in [0.25, 0.3) is 0 Å². The summed E-state index contributed by atoms with van der Waals surface area (Å²) in [7, 11) is 1.65. The fraction of sp³-hybridized carbons (Fsp3) is 0.667. The predicted molar refractivity (Wildman–Crippen MR) is 86.5 cm³/mol. The van der Waals surface area contributed by atoms with Gasteiger partial charge in [0.05, 0.1) is 24.7 Å². The summed E-state index contributed by atoms with van der Waals surface area (Å²) in [6.45, 7) is 3.40. The average molecular weight is 342 g/mol. The molecule has 9 nitrogen and oxygen atoms in total. The van der Waals surface area contributed by atoms with E-state index in [4.69, 9.17) is 5.73 Å². The van der Waals surface area contributed by atoms with Gasteiger partial charge >= 0.3 is 0 Å². The van der Waals surface area contributed by atoms with Crippen LogP contribution in [-0.4, -0.2) is 65.8 Å². The summed E-state index contributed by atoms with van der Waals surface area (Å²) in [6.07, 6.45) is -1.14. The number of amides is 3.